The molecule has 1 N–H and O–H groups in total. The number of rotatable bonds is 2. The summed E-state index contributed by atoms with van der Waals surface area (Å²) in [4.78, 5) is 0. The van der Waals surface area contributed by atoms with Crippen LogP contribution in [0, 0.1) is 5.92 Å². The normalized spacial score (nSPS) is 32.0. The summed E-state index contributed by atoms with van der Waals surface area (Å²) in [6, 6.07) is 0. The van der Waals surface area contributed by atoms with Crippen LogP contribution in [0.3, 0.4) is 0 Å². The molecule has 1 aliphatic carbocycles. The van der Waals surface area contributed by atoms with E-state index in [9.17, 15) is 5.11 Å². The van der Waals surface area contributed by atoms with Crippen LogP contribution < -0.4 is 0 Å². The summed E-state index contributed by atoms with van der Waals surface area (Å²) in [5.41, 5.74) is 0. The number of aliphatic hydroxyl groups excluding tert-OH is 1. The van der Waals surface area contributed by atoms with Gasteiger partial charge in [-0.05, 0) is 12.8 Å². The van der Waals surface area contributed by atoms with Crippen molar-refractivity contribution >= 4 is 0 Å². The first kappa shape index (κ1) is 10.0. The lowest BCUT2D eigenvalue weighted by molar-refractivity contribution is -0.874. The van der Waals surface area contributed by atoms with Crippen molar-refractivity contribution in [2.24, 2.45) is 5.92 Å². The predicted octanol–water partition coefficient (Wildman–Crippen LogP) is 1.24. The lowest BCUT2D eigenvalue weighted by Crippen LogP contribution is -2.43. The molecule has 1 saturated carbocycles. The summed E-state index contributed by atoms with van der Waals surface area (Å²) >= 11 is 0. The van der Waals surface area contributed by atoms with Gasteiger partial charge in [0.15, 0.2) is 0 Å². The highest BCUT2D eigenvalue weighted by atomic mass is 16.3. The largest absolute Gasteiger partial charge is 0.393 e. The summed E-state index contributed by atoms with van der Waals surface area (Å²) in [6.45, 7) is 1.11. The van der Waals surface area contributed by atoms with Crippen molar-refractivity contribution < 1.29 is 9.59 Å². The number of hydrogen-bond donors (Lipinski definition) is 1. The third-order valence-electron chi connectivity index (χ3n) is 2.65. The molecule has 1 aliphatic rings. The van der Waals surface area contributed by atoms with Crippen molar-refractivity contribution in [3.63, 3.8) is 0 Å². The minimum Gasteiger partial charge on any atom is -0.393 e. The molecule has 1 rings (SSSR count). The van der Waals surface area contributed by atoms with Crippen LogP contribution in [0.2, 0.25) is 0 Å². The average Bonchev–Trinajstić information content (AvgIpc) is 1.91. The fraction of sp³-hybridized carbons (Fsp3) is 1.00. The van der Waals surface area contributed by atoms with E-state index in [-0.39, 0.29) is 6.10 Å². The van der Waals surface area contributed by atoms with Crippen molar-refractivity contribution in [3.8, 4) is 0 Å². The Morgan fingerprint density at radius 2 is 1.75 bits per heavy atom. The van der Waals surface area contributed by atoms with Crippen molar-refractivity contribution in [2.75, 3.05) is 27.7 Å². The van der Waals surface area contributed by atoms with Gasteiger partial charge in [-0.15, -0.1) is 0 Å². The van der Waals surface area contributed by atoms with Gasteiger partial charge in [0.25, 0.3) is 0 Å². The first-order valence-electron chi connectivity index (χ1n) is 4.97. The summed E-state index contributed by atoms with van der Waals surface area (Å²) < 4.78 is 0.974. The second kappa shape index (κ2) is 3.75. The first-order valence-corrected chi connectivity index (χ1v) is 4.97. The van der Waals surface area contributed by atoms with E-state index in [4.69, 9.17) is 0 Å². The zero-order valence-electron chi connectivity index (χ0n) is 8.58. The summed E-state index contributed by atoms with van der Waals surface area (Å²) in [5, 5.41) is 9.72. The average molecular weight is 172 g/mol. The zero-order chi connectivity index (χ0) is 9.19. The molecule has 12 heavy (non-hydrogen) atoms. The van der Waals surface area contributed by atoms with E-state index in [0.29, 0.717) is 5.92 Å². The van der Waals surface area contributed by atoms with E-state index in [0.717, 1.165) is 17.4 Å². The monoisotopic (exact) mass is 172 g/mol. The van der Waals surface area contributed by atoms with Crippen LogP contribution >= 0.6 is 0 Å². The summed E-state index contributed by atoms with van der Waals surface area (Å²) in [6.07, 6.45) is 4.73. The van der Waals surface area contributed by atoms with Crippen molar-refractivity contribution in [1.29, 1.82) is 0 Å². The Hall–Kier alpha value is -0.0800. The Morgan fingerprint density at radius 1 is 1.17 bits per heavy atom. The molecule has 0 aromatic carbocycles. The van der Waals surface area contributed by atoms with Gasteiger partial charge in [-0.2, -0.15) is 0 Å². The molecule has 0 spiro atoms. The maximum atomic E-state index is 9.72. The Labute approximate surface area is 75.8 Å². The SMILES string of the molecule is C[N+](C)(C)C[C@@H]1CCCC[C@@H]1O. The quantitative estimate of drug-likeness (QED) is 0.621. The smallest absolute Gasteiger partial charge is 0.0834 e. The first-order chi connectivity index (χ1) is 5.49. The number of quaternary nitrogens is 1. The lowest BCUT2D eigenvalue weighted by atomic mass is 9.86. The number of aliphatic hydroxyl groups is 1. The third kappa shape index (κ3) is 3.11. The Kier molecular flexibility index (Phi) is 3.13. The van der Waals surface area contributed by atoms with Gasteiger partial charge in [0.1, 0.15) is 0 Å². The van der Waals surface area contributed by atoms with E-state index in [1.54, 1.807) is 0 Å². The Morgan fingerprint density at radius 3 is 2.25 bits per heavy atom. The van der Waals surface area contributed by atoms with Gasteiger partial charge in [0.2, 0.25) is 0 Å². The van der Waals surface area contributed by atoms with Crippen molar-refractivity contribution in [2.45, 2.75) is 31.8 Å². The highest BCUT2D eigenvalue weighted by molar-refractivity contribution is 4.73. The maximum Gasteiger partial charge on any atom is 0.0834 e. The van der Waals surface area contributed by atoms with Gasteiger partial charge in [-0.25, -0.2) is 0 Å². The van der Waals surface area contributed by atoms with Gasteiger partial charge < -0.3 is 9.59 Å². The molecule has 0 amide bonds. The van der Waals surface area contributed by atoms with Gasteiger partial charge in [0, 0.05) is 5.92 Å². The second-order valence-electron chi connectivity index (χ2n) is 5.08. The number of hydrogen-bond acceptors (Lipinski definition) is 1. The van der Waals surface area contributed by atoms with E-state index >= 15 is 0 Å². The lowest BCUT2D eigenvalue weighted by Gasteiger charge is -2.34. The molecule has 0 aromatic heterocycles. The van der Waals surface area contributed by atoms with Crippen LogP contribution in [0.25, 0.3) is 0 Å². The molecule has 1 fully saturated rings. The second-order valence-corrected chi connectivity index (χ2v) is 5.08. The molecule has 0 aliphatic heterocycles. The third-order valence-corrected chi connectivity index (χ3v) is 2.65. The molecular formula is C10H22NO+. The molecular weight excluding hydrogens is 150 g/mol. The highest BCUT2D eigenvalue weighted by Gasteiger charge is 2.27. The minimum atomic E-state index is -0.0314. The van der Waals surface area contributed by atoms with Crippen molar-refractivity contribution in [1.82, 2.24) is 0 Å². The van der Waals surface area contributed by atoms with Crippen LogP contribution in [0.1, 0.15) is 25.7 Å². The fourth-order valence-electron chi connectivity index (χ4n) is 2.10. The maximum absolute atomic E-state index is 9.72. The van der Waals surface area contributed by atoms with Gasteiger partial charge >= 0.3 is 0 Å². The highest BCUT2D eigenvalue weighted by Crippen LogP contribution is 2.25. The zero-order valence-corrected chi connectivity index (χ0v) is 8.58. The minimum absolute atomic E-state index is 0.0314. The van der Waals surface area contributed by atoms with Gasteiger partial charge in [-0.1, -0.05) is 12.8 Å². The molecule has 2 nitrogen and oxygen atoms in total. The molecule has 2 atom stereocenters. The molecule has 0 heterocycles. The molecule has 0 unspecified atom stereocenters. The molecule has 0 aromatic rings. The topological polar surface area (TPSA) is 20.2 Å². The van der Waals surface area contributed by atoms with Crippen LogP contribution in [0.15, 0.2) is 0 Å². The van der Waals surface area contributed by atoms with Crippen LogP contribution in [-0.4, -0.2) is 43.4 Å². The molecule has 2 heteroatoms. The molecule has 0 saturated heterocycles. The van der Waals surface area contributed by atoms with Crippen molar-refractivity contribution in [3.05, 3.63) is 0 Å². The van der Waals surface area contributed by atoms with E-state index in [2.05, 4.69) is 21.1 Å². The summed E-state index contributed by atoms with van der Waals surface area (Å²) in [7, 11) is 6.59. The molecule has 0 radical (unpaired) electrons. The number of nitrogens with zero attached hydrogens (tertiary/aromatic N) is 1. The predicted molar refractivity (Wildman–Crippen MR) is 50.9 cm³/mol. The van der Waals surface area contributed by atoms with Crippen LogP contribution in [0.4, 0.5) is 0 Å². The summed E-state index contributed by atoms with van der Waals surface area (Å²) in [5.74, 6) is 0.541. The van der Waals surface area contributed by atoms with Crippen LogP contribution in [-0.2, 0) is 0 Å². The molecule has 72 valence electrons. The Balaban J connectivity index is 2.39. The molecule has 0 bridgehead atoms. The van der Waals surface area contributed by atoms with E-state index in [1.165, 1.54) is 19.3 Å². The Bertz CT molecular complexity index is 139. The van der Waals surface area contributed by atoms with E-state index in [1.807, 2.05) is 0 Å². The van der Waals surface area contributed by atoms with Crippen LogP contribution in [0.5, 0.6) is 0 Å². The fourth-order valence-corrected chi connectivity index (χ4v) is 2.10. The van der Waals surface area contributed by atoms with E-state index < -0.39 is 0 Å². The van der Waals surface area contributed by atoms with Gasteiger partial charge in [0.05, 0.1) is 33.8 Å². The van der Waals surface area contributed by atoms with Gasteiger partial charge in [-0.3, -0.25) is 0 Å². The standard InChI is InChI=1S/C10H22NO/c1-11(2,3)8-9-6-4-5-7-10(9)12/h9-10,12H,4-8H2,1-3H3/q+1/t9-,10-/m0/s1.